The summed E-state index contributed by atoms with van der Waals surface area (Å²) in [5, 5.41) is 9.94. The lowest BCUT2D eigenvalue weighted by Crippen LogP contribution is -2.42. The van der Waals surface area contributed by atoms with Gasteiger partial charge in [-0.25, -0.2) is 4.79 Å². The first-order chi connectivity index (χ1) is 7.89. The molecule has 1 atom stereocenters. The van der Waals surface area contributed by atoms with Gasteiger partial charge in [-0.2, -0.15) is 0 Å². The summed E-state index contributed by atoms with van der Waals surface area (Å²) in [4.78, 5) is 33.3. The second kappa shape index (κ2) is 6.85. The highest BCUT2D eigenvalue weighted by Crippen LogP contribution is 2.20. The van der Waals surface area contributed by atoms with E-state index in [-0.39, 0.29) is 12.8 Å². The average Bonchev–Trinajstić information content (AvgIpc) is 2.34. The summed E-state index contributed by atoms with van der Waals surface area (Å²) in [6.45, 7) is 0. The van der Waals surface area contributed by atoms with Crippen molar-refractivity contribution in [2.45, 2.75) is 24.9 Å². The molecule has 1 N–H and O–H groups in total. The standard InChI is InChI=1S/C10H16O7/c1-15-7(11)4-5-10(14,9(13)17-3)6-8(12)16-2/h14H,4-6H2,1-3H3/t10-/m1/s1. The van der Waals surface area contributed by atoms with Gasteiger partial charge in [0.15, 0.2) is 5.60 Å². The Kier molecular flexibility index (Phi) is 6.19. The first-order valence-electron chi connectivity index (χ1n) is 4.84. The van der Waals surface area contributed by atoms with Crippen LogP contribution in [0.2, 0.25) is 0 Å². The zero-order valence-corrected chi connectivity index (χ0v) is 10.0. The van der Waals surface area contributed by atoms with Crippen LogP contribution < -0.4 is 0 Å². The van der Waals surface area contributed by atoms with Gasteiger partial charge in [0.2, 0.25) is 0 Å². The highest BCUT2D eigenvalue weighted by Gasteiger charge is 2.40. The molecule has 0 saturated carbocycles. The van der Waals surface area contributed by atoms with Crippen molar-refractivity contribution in [2.24, 2.45) is 0 Å². The maximum atomic E-state index is 11.4. The van der Waals surface area contributed by atoms with Gasteiger partial charge in [-0.3, -0.25) is 9.59 Å². The molecule has 0 saturated heterocycles. The molecule has 0 aromatic carbocycles. The molecule has 7 heteroatoms. The predicted molar refractivity (Wildman–Crippen MR) is 54.8 cm³/mol. The van der Waals surface area contributed by atoms with E-state index in [9.17, 15) is 19.5 Å². The summed E-state index contributed by atoms with van der Waals surface area (Å²) in [5.41, 5.74) is -2.07. The van der Waals surface area contributed by atoms with E-state index < -0.39 is 29.9 Å². The number of methoxy groups -OCH3 is 3. The molecule has 0 bridgehead atoms. The van der Waals surface area contributed by atoms with Crippen molar-refractivity contribution in [1.29, 1.82) is 0 Å². The highest BCUT2D eigenvalue weighted by atomic mass is 16.5. The number of hydrogen-bond acceptors (Lipinski definition) is 7. The van der Waals surface area contributed by atoms with Crippen molar-refractivity contribution in [3.05, 3.63) is 0 Å². The van der Waals surface area contributed by atoms with Crippen LogP contribution in [0.3, 0.4) is 0 Å². The minimum absolute atomic E-state index is 0.209. The molecule has 0 aliphatic heterocycles. The van der Waals surface area contributed by atoms with Crippen molar-refractivity contribution in [3.63, 3.8) is 0 Å². The largest absolute Gasteiger partial charge is 0.469 e. The number of ether oxygens (including phenoxy) is 3. The number of carbonyl (C=O) groups is 3. The van der Waals surface area contributed by atoms with E-state index in [2.05, 4.69) is 14.2 Å². The topological polar surface area (TPSA) is 99.1 Å². The highest BCUT2D eigenvalue weighted by molar-refractivity contribution is 5.86. The second-order valence-corrected chi connectivity index (χ2v) is 3.35. The molecule has 0 radical (unpaired) electrons. The Morgan fingerprint density at radius 3 is 1.94 bits per heavy atom. The van der Waals surface area contributed by atoms with Crippen LogP contribution in [-0.2, 0) is 28.6 Å². The molecule has 0 aliphatic carbocycles. The van der Waals surface area contributed by atoms with Gasteiger partial charge in [-0.05, 0) is 6.42 Å². The van der Waals surface area contributed by atoms with Crippen molar-refractivity contribution in [2.75, 3.05) is 21.3 Å². The van der Waals surface area contributed by atoms with Gasteiger partial charge < -0.3 is 19.3 Å². The Labute approximate surface area is 98.6 Å². The molecular formula is C10H16O7. The molecule has 0 spiro atoms. The Morgan fingerprint density at radius 1 is 1.00 bits per heavy atom. The fourth-order valence-corrected chi connectivity index (χ4v) is 1.17. The fourth-order valence-electron chi connectivity index (χ4n) is 1.17. The molecule has 0 unspecified atom stereocenters. The molecule has 98 valence electrons. The van der Waals surface area contributed by atoms with E-state index in [1.807, 2.05) is 0 Å². The lowest BCUT2D eigenvalue weighted by molar-refractivity contribution is -0.171. The number of aliphatic hydroxyl groups is 1. The van der Waals surface area contributed by atoms with Gasteiger partial charge in [0.05, 0.1) is 27.8 Å². The van der Waals surface area contributed by atoms with Crippen LogP contribution in [0.15, 0.2) is 0 Å². The molecule has 0 rings (SSSR count). The fraction of sp³-hybridized carbons (Fsp3) is 0.700. The molecule has 0 aromatic heterocycles. The van der Waals surface area contributed by atoms with E-state index >= 15 is 0 Å². The number of carbonyl (C=O) groups excluding carboxylic acids is 3. The van der Waals surface area contributed by atoms with E-state index in [4.69, 9.17) is 0 Å². The average molecular weight is 248 g/mol. The van der Waals surface area contributed by atoms with Gasteiger partial charge in [0.1, 0.15) is 0 Å². The third kappa shape index (κ3) is 4.81. The van der Waals surface area contributed by atoms with Crippen LogP contribution >= 0.6 is 0 Å². The molecule has 7 nitrogen and oxygen atoms in total. The third-order valence-corrected chi connectivity index (χ3v) is 2.20. The van der Waals surface area contributed by atoms with Crippen molar-refractivity contribution in [1.82, 2.24) is 0 Å². The van der Waals surface area contributed by atoms with Gasteiger partial charge in [0.25, 0.3) is 0 Å². The van der Waals surface area contributed by atoms with Gasteiger partial charge in [-0.1, -0.05) is 0 Å². The Bertz CT molecular complexity index is 299. The maximum absolute atomic E-state index is 11.4. The van der Waals surface area contributed by atoms with E-state index in [0.29, 0.717) is 0 Å². The number of rotatable bonds is 6. The quantitative estimate of drug-likeness (QED) is 0.495. The number of esters is 3. The van der Waals surface area contributed by atoms with Crippen molar-refractivity contribution in [3.8, 4) is 0 Å². The van der Waals surface area contributed by atoms with Crippen molar-refractivity contribution < 1.29 is 33.7 Å². The van der Waals surface area contributed by atoms with E-state index in [1.54, 1.807) is 0 Å². The van der Waals surface area contributed by atoms with Crippen molar-refractivity contribution >= 4 is 17.9 Å². The molecule has 0 aromatic rings. The van der Waals surface area contributed by atoms with E-state index in [0.717, 1.165) is 14.2 Å². The minimum atomic E-state index is -2.07. The lowest BCUT2D eigenvalue weighted by Gasteiger charge is -2.23. The van der Waals surface area contributed by atoms with Crippen LogP contribution in [0.25, 0.3) is 0 Å². The summed E-state index contributed by atoms with van der Waals surface area (Å²) in [6.07, 6.45) is -1.06. The molecule has 0 fully saturated rings. The van der Waals surface area contributed by atoms with Crippen LogP contribution in [0.4, 0.5) is 0 Å². The summed E-state index contributed by atoms with van der Waals surface area (Å²) in [7, 11) is 3.38. The van der Waals surface area contributed by atoms with E-state index in [1.165, 1.54) is 7.11 Å². The summed E-state index contributed by atoms with van der Waals surface area (Å²) >= 11 is 0. The van der Waals surface area contributed by atoms with Crippen LogP contribution in [-0.4, -0.2) is 49.9 Å². The van der Waals surface area contributed by atoms with Gasteiger partial charge in [0, 0.05) is 6.42 Å². The third-order valence-electron chi connectivity index (χ3n) is 2.20. The zero-order valence-electron chi connectivity index (χ0n) is 10.0. The Balaban J connectivity index is 4.66. The lowest BCUT2D eigenvalue weighted by atomic mass is 9.94. The zero-order chi connectivity index (χ0) is 13.5. The normalized spacial score (nSPS) is 13.4. The monoisotopic (exact) mass is 248 g/mol. The number of hydrogen-bond donors (Lipinski definition) is 1. The summed E-state index contributed by atoms with van der Waals surface area (Å²) in [6, 6.07) is 0. The molecule has 0 heterocycles. The SMILES string of the molecule is COC(=O)CC[C@@](O)(CC(=O)OC)C(=O)OC. The predicted octanol–water partition coefficient (Wildman–Crippen LogP) is -0.593. The minimum Gasteiger partial charge on any atom is -0.469 e. The van der Waals surface area contributed by atoms with Crippen LogP contribution in [0.1, 0.15) is 19.3 Å². The van der Waals surface area contributed by atoms with Gasteiger partial charge >= 0.3 is 17.9 Å². The first-order valence-corrected chi connectivity index (χ1v) is 4.84. The second-order valence-electron chi connectivity index (χ2n) is 3.35. The smallest absolute Gasteiger partial charge is 0.338 e. The van der Waals surface area contributed by atoms with Gasteiger partial charge in [-0.15, -0.1) is 0 Å². The van der Waals surface area contributed by atoms with Crippen LogP contribution in [0.5, 0.6) is 0 Å². The molecule has 0 amide bonds. The van der Waals surface area contributed by atoms with Crippen LogP contribution in [0, 0.1) is 0 Å². The molecule has 17 heavy (non-hydrogen) atoms. The summed E-state index contributed by atoms with van der Waals surface area (Å²) in [5.74, 6) is -2.37. The first kappa shape index (κ1) is 15.4. The maximum Gasteiger partial charge on any atom is 0.338 e. The summed E-state index contributed by atoms with van der Waals surface area (Å²) < 4.78 is 13.1. The molecule has 0 aliphatic rings. The Morgan fingerprint density at radius 2 is 1.53 bits per heavy atom. The Hall–Kier alpha value is -1.63. The molecular weight excluding hydrogens is 232 g/mol.